The summed E-state index contributed by atoms with van der Waals surface area (Å²) >= 11 is 0. The van der Waals surface area contributed by atoms with Gasteiger partial charge >= 0.3 is 6.03 Å². The second-order valence-electron chi connectivity index (χ2n) is 5.61. The van der Waals surface area contributed by atoms with Gasteiger partial charge in [0, 0.05) is 44.7 Å². The van der Waals surface area contributed by atoms with Gasteiger partial charge in [-0.2, -0.15) is 0 Å². The lowest BCUT2D eigenvalue weighted by Gasteiger charge is -2.36. The Balaban J connectivity index is 1.65. The molecule has 1 aliphatic carbocycles. The predicted molar refractivity (Wildman–Crippen MR) is 70.4 cm³/mol. The van der Waals surface area contributed by atoms with Gasteiger partial charge in [0.25, 0.3) is 0 Å². The molecule has 2 amide bonds. The van der Waals surface area contributed by atoms with Gasteiger partial charge < -0.3 is 20.6 Å². The van der Waals surface area contributed by atoms with Crippen LogP contribution in [0, 0.1) is 5.41 Å². The van der Waals surface area contributed by atoms with Crippen LogP contribution in [0.3, 0.4) is 0 Å². The van der Waals surface area contributed by atoms with Gasteiger partial charge in [-0.25, -0.2) is 4.79 Å². The van der Waals surface area contributed by atoms with Crippen molar-refractivity contribution < 1.29 is 9.90 Å². The number of rotatable bonds is 6. The Morgan fingerprint density at radius 1 is 1.33 bits per heavy atom. The van der Waals surface area contributed by atoms with Crippen LogP contribution >= 0.6 is 0 Å². The van der Waals surface area contributed by atoms with E-state index in [9.17, 15) is 9.90 Å². The van der Waals surface area contributed by atoms with Gasteiger partial charge in [-0.15, -0.1) is 0 Å². The van der Waals surface area contributed by atoms with E-state index in [1.54, 1.807) is 0 Å². The average Bonchev–Trinajstić information content (AvgIpc) is 2.82. The van der Waals surface area contributed by atoms with Crippen LogP contribution in [0.25, 0.3) is 0 Å². The quantitative estimate of drug-likeness (QED) is 0.607. The summed E-state index contributed by atoms with van der Waals surface area (Å²) in [4.78, 5) is 13.2. The molecule has 1 saturated carbocycles. The Bertz CT molecular complexity index is 277. The lowest BCUT2D eigenvalue weighted by atomic mass is 9.74. The number of hydrogen-bond donors (Lipinski definition) is 3. The zero-order valence-electron chi connectivity index (χ0n) is 11.1. The Kier molecular flexibility index (Phi) is 4.83. The minimum Gasteiger partial charge on any atom is -0.396 e. The van der Waals surface area contributed by atoms with Crippen LogP contribution in [0.4, 0.5) is 4.79 Å². The molecule has 0 aromatic heterocycles. The van der Waals surface area contributed by atoms with Gasteiger partial charge in [0.05, 0.1) is 0 Å². The molecule has 2 aliphatic rings. The molecule has 1 saturated heterocycles. The first-order chi connectivity index (χ1) is 8.76. The van der Waals surface area contributed by atoms with Gasteiger partial charge in [0.1, 0.15) is 0 Å². The zero-order chi connectivity index (χ0) is 12.8. The number of carbonyl (C=O) groups excluding carboxylic acids is 1. The normalized spacial score (nSPS) is 23.2. The van der Waals surface area contributed by atoms with Crippen molar-refractivity contribution >= 4 is 6.03 Å². The van der Waals surface area contributed by atoms with Gasteiger partial charge in [-0.3, -0.25) is 0 Å². The van der Waals surface area contributed by atoms with Crippen LogP contribution < -0.4 is 10.6 Å². The number of amides is 2. The first-order valence-electron chi connectivity index (χ1n) is 7.10. The van der Waals surface area contributed by atoms with E-state index in [1.807, 2.05) is 4.90 Å². The molecule has 5 nitrogen and oxygen atoms in total. The van der Waals surface area contributed by atoms with Crippen molar-refractivity contribution in [2.75, 3.05) is 39.3 Å². The maximum atomic E-state index is 11.3. The number of aliphatic hydroxyl groups excluding tert-OH is 1. The van der Waals surface area contributed by atoms with Crippen molar-refractivity contribution in [3.05, 3.63) is 0 Å². The van der Waals surface area contributed by atoms with Crippen molar-refractivity contribution in [2.45, 2.75) is 32.1 Å². The lowest BCUT2D eigenvalue weighted by molar-refractivity contribution is 0.0811. The molecule has 0 atom stereocenters. The van der Waals surface area contributed by atoms with Gasteiger partial charge in [0.15, 0.2) is 0 Å². The van der Waals surface area contributed by atoms with Crippen LogP contribution in [0.5, 0.6) is 0 Å². The van der Waals surface area contributed by atoms with Crippen LogP contribution in [0.1, 0.15) is 32.1 Å². The van der Waals surface area contributed by atoms with E-state index in [0.717, 1.165) is 45.6 Å². The summed E-state index contributed by atoms with van der Waals surface area (Å²) in [5.74, 6) is 0. The molecule has 0 radical (unpaired) electrons. The van der Waals surface area contributed by atoms with E-state index >= 15 is 0 Å². The molecule has 2 rings (SSSR count). The molecule has 0 unspecified atom stereocenters. The van der Waals surface area contributed by atoms with E-state index in [0.29, 0.717) is 0 Å². The highest BCUT2D eigenvalue weighted by atomic mass is 16.3. The molecule has 0 bridgehead atoms. The van der Waals surface area contributed by atoms with Crippen molar-refractivity contribution in [3.8, 4) is 0 Å². The molecule has 0 aromatic carbocycles. The summed E-state index contributed by atoms with van der Waals surface area (Å²) in [5, 5.41) is 15.8. The number of nitrogens with zero attached hydrogens (tertiary/aromatic N) is 1. The highest BCUT2D eigenvalue weighted by Crippen LogP contribution is 2.35. The van der Waals surface area contributed by atoms with E-state index in [4.69, 9.17) is 0 Å². The van der Waals surface area contributed by atoms with Crippen molar-refractivity contribution in [1.82, 2.24) is 15.5 Å². The summed E-state index contributed by atoms with van der Waals surface area (Å²) < 4.78 is 0. The van der Waals surface area contributed by atoms with Crippen molar-refractivity contribution in [1.29, 1.82) is 0 Å². The van der Waals surface area contributed by atoms with Gasteiger partial charge in [-0.05, 0) is 12.8 Å². The maximum Gasteiger partial charge on any atom is 0.317 e. The second-order valence-corrected chi connectivity index (χ2v) is 5.61. The summed E-state index contributed by atoms with van der Waals surface area (Å²) in [7, 11) is 0. The Labute approximate surface area is 109 Å². The molecule has 18 heavy (non-hydrogen) atoms. The molecule has 5 heteroatoms. The summed E-state index contributed by atoms with van der Waals surface area (Å²) in [6.45, 7) is 4.30. The molecule has 1 aliphatic heterocycles. The predicted octanol–water partition coefficient (Wildman–Crippen LogP) is 0.544. The SMILES string of the molecule is O=C1NCCN1CCNCC1(CO)CCCCC1. The third kappa shape index (κ3) is 3.36. The fourth-order valence-electron chi connectivity index (χ4n) is 2.98. The highest BCUT2D eigenvalue weighted by Gasteiger charge is 2.30. The summed E-state index contributed by atoms with van der Waals surface area (Å²) in [6.07, 6.45) is 6.02. The fraction of sp³-hybridized carbons (Fsp3) is 0.923. The topological polar surface area (TPSA) is 64.6 Å². The molecule has 0 spiro atoms. The van der Waals surface area contributed by atoms with Gasteiger partial charge in [-0.1, -0.05) is 19.3 Å². The molecule has 104 valence electrons. The van der Waals surface area contributed by atoms with Gasteiger partial charge in [0.2, 0.25) is 0 Å². The largest absolute Gasteiger partial charge is 0.396 e. The number of urea groups is 1. The Hall–Kier alpha value is -0.810. The first kappa shape index (κ1) is 13.6. The van der Waals surface area contributed by atoms with E-state index < -0.39 is 0 Å². The van der Waals surface area contributed by atoms with Crippen molar-refractivity contribution in [3.63, 3.8) is 0 Å². The number of aliphatic hydroxyl groups is 1. The zero-order valence-corrected chi connectivity index (χ0v) is 11.1. The molecule has 3 N–H and O–H groups in total. The molecule has 1 heterocycles. The first-order valence-corrected chi connectivity index (χ1v) is 7.10. The minimum atomic E-state index is 0.0475. The summed E-state index contributed by atoms with van der Waals surface area (Å²) in [6, 6.07) is 0.0475. The average molecular weight is 255 g/mol. The smallest absolute Gasteiger partial charge is 0.317 e. The summed E-state index contributed by atoms with van der Waals surface area (Å²) in [5.41, 5.74) is 0.0888. The molecular weight excluding hydrogens is 230 g/mol. The van der Waals surface area contributed by atoms with Crippen LogP contribution in [-0.4, -0.2) is 55.4 Å². The number of nitrogens with one attached hydrogen (secondary N) is 2. The van der Waals surface area contributed by atoms with E-state index in [-0.39, 0.29) is 18.1 Å². The Morgan fingerprint density at radius 3 is 2.72 bits per heavy atom. The van der Waals surface area contributed by atoms with E-state index in [2.05, 4.69) is 10.6 Å². The monoisotopic (exact) mass is 255 g/mol. The fourth-order valence-corrected chi connectivity index (χ4v) is 2.98. The number of hydrogen-bond acceptors (Lipinski definition) is 3. The third-order valence-electron chi connectivity index (χ3n) is 4.25. The van der Waals surface area contributed by atoms with Crippen LogP contribution in [0.2, 0.25) is 0 Å². The molecule has 0 aromatic rings. The van der Waals surface area contributed by atoms with Crippen LogP contribution in [0.15, 0.2) is 0 Å². The standard InChI is InChI=1S/C13H25N3O2/c17-11-13(4-2-1-3-5-13)10-14-6-8-16-9-7-15-12(16)18/h14,17H,1-11H2,(H,15,18). The lowest BCUT2D eigenvalue weighted by Crippen LogP contribution is -2.42. The van der Waals surface area contributed by atoms with Crippen LogP contribution in [-0.2, 0) is 0 Å². The number of carbonyl (C=O) groups is 1. The second kappa shape index (κ2) is 6.38. The minimum absolute atomic E-state index is 0.0475. The van der Waals surface area contributed by atoms with E-state index in [1.165, 1.54) is 19.3 Å². The molecular formula is C13H25N3O2. The Morgan fingerprint density at radius 2 is 2.11 bits per heavy atom. The third-order valence-corrected chi connectivity index (χ3v) is 4.25. The maximum absolute atomic E-state index is 11.3. The highest BCUT2D eigenvalue weighted by molar-refractivity contribution is 5.76. The molecule has 2 fully saturated rings. The van der Waals surface area contributed by atoms with Crippen molar-refractivity contribution in [2.24, 2.45) is 5.41 Å².